The number of benzene rings is 7. The van der Waals surface area contributed by atoms with Crippen LogP contribution < -0.4 is 11.2 Å². The zero-order chi connectivity index (χ0) is 54.5. The predicted molar refractivity (Wildman–Crippen MR) is 293 cm³/mol. The molecule has 0 saturated heterocycles. The Morgan fingerprint density at radius 1 is 0.463 bits per heavy atom. The van der Waals surface area contributed by atoms with E-state index in [2.05, 4.69) is 49.6 Å². The van der Waals surface area contributed by atoms with Crippen molar-refractivity contribution in [1.29, 1.82) is 0 Å². The number of hydrogen-bond acceptors (Lipinski definition) is 20. The van der Waals surface area contributed by atoms with Crippen molar-refractivity contribution in [3.63, 3.8) is 0 Å². The zero-order valence-corrected chi connectivity index (χ0v) is 57.5. The zero-order valence-electron chi connectivity index (χ0n) is 41.9. The number of fused-ring (bicyclic) bond motifs is 3. The fraction of sp³-hybridized carbons (Fsp3) is 0.0488. The summed E-state index contributed by atoms with van der Waals surface area (Å²) in [5.41, 5.74) is -1.13. The van der Waals surface area contributed by atoms with Gasteiger partial charge in [0, 0.05) is 180 Å². The van der Waals surface area contributed by atoms with E-state index in [4.69, 9.17) is 16.2 Å². The molecule has 0 saturated carbocycles. The molecule has 0 bridgehead atoms. The van der Waals surface area contributed by atoms with E-state index in [1.807, 2.05) is 0 Å². The van der Waals surface area contributed by atoms with Gasteiger partial charge in [0.15, 0.2) is 9.84 Å². The molecule has 1 heterocycles. The molecule has 7 aromatic carbocycles. The number of nitrogens with zero attached hydrogens (tertiary/aromatic N) is 7. The third kappa shape index (κ3) is 17.7. The van der Waals surface area contributed by atoms with Gasteiger partial charge in [-0.3, -0.25) is 27.7 Å². The quantitative estimate of drug-likeness (QED) is 0.0411. The van der Waals surface area contributed by atoms with Crippen LogP contribution >= 0.6 is 11.6 Å². The first kappa shape index (κ1) is 72.1. The second-order valence-electron chi connectivity index (χ2n) is 15.3. The number of aromatic nitrogens is 3. The maximum Gasteiger partial charge on any atom is 0.397 e. The molecule has 0 aliphatic rings. The van der Waals surface area contributed by atoms with Gasteiger partial charge >= 0.3 is 10.4 Å². The number of halogens is 1. The van der Waals surface area contributed by atoms with Crippen molar-refractivity contribution < 1.29 is 77.5 Å². The first-order valence-electron chi connectivity index (χ1n) is 20.3. The summed E-state index contributed by atoms with van der Waals surface area (Å²) in [5, 5.41) is 15.7. The average molecular weight is 1280 g/mol. The third-order valence-electron chi connectivity index (χ3n) is 10.4. The standard InChI is InChI=1S/C41H30ClN9O18S6.5Na/c42-39-45-40(43-22-4-1-5-24(18-22)70(52,53)17-16-69-75(66,67)68)47-41(46-39)44-34-15-14-32(28-7-3-9-36(38(28)34)73(60,61)62)50-51-33-13-12-31(26-11-10-25(21-29(26)33)71(54,55)56)49-48-23-19-30-27(37(20-23)74(63,64)65)6-2-8-35(30)72(57,58)59;;;;;/h1-15,18-21H,16-17H2,(H,54,55,56)(H,57,58,59)(H,60,61,62)(H,63,64,65)(H,66,67,68)(H2,43,44,45,46,47);;;;;. The van der Waals surface area contributed by atoms with Crippen molar-refractivity contribution >= 4 is 287 Å². The number of sulfone groups is 1. The van der Waals surface area contributed by atoms with Gasteiger partial charge in [0.05, 0.1) is 56.3 Å². The second kappa shape index (κ2) is 28.4. The van der Waals surface area contributed by atoms with E-state index in [0.29, 0.717) is 0 Å². The minimum atomic E-state index is -5.02. The Morgan fingerprint density at radius 2 is 1.01 bits per heavy atom. The third-order valence-corrected chi connectivity index (χ3v) is 16.2. The van der Waals surface area contributed by atoms with Crippen LogP contribution in [0.2, 0.25) is 5.28 Å². The molecule has 395 valence electrons. The van der Waals surface area contributed by atoms with Crippen molar-refractivity contribution in [2.45, 2.75) is 24.5 Å². The number of azo groups is 2. The van der Waals surface area contributed by atoms with Crippen LogP contribution in [0.1, 0.15) is 0 Å². The van der Waals surface area contributed by atoms with Crippen molar-refractivity contribution in [3.8, 4) is 0 Å². The van der Waals surface area contributed by atoms with Gasteiger partial charge in [-0.25, -0.2) is 22.6 Å². The molecule has 39 heteroatoms. The normalized spacial score (nSPS) is 12.9. The van der Waals surface area contributed by atoms with Crippen LogP contribution in [0, 0.1) is 0 Å². The van der Waals surface area contributed by atoms with Gasteiger partial charge in [0.25, 0.3) is 40.5 Å². The molecule has 8 aromatic rings. The van der Waals surface area contributed by atoms with E-state index < -0.39 is 92.7 Å². The molecule has 7 N–H and O–H groups in total. The number of rotatable bonds is 15. The Labute approximate surface area is 569 Å². The summed E-state index contributed by atoms with van der Waals surface area (Å²) in [7, 11) is -28.9. The topological polar surface area (TPSA) is 434 Å². The van der Waals surface area contributed by atoms with Crippen LogP contribution in [0.5, 0.6) is 0 Å². The Balaban J connectivity index is 0.00000336. The Morgan fingerprint density at radius 3 is 1.61 bits per heavy atom. The molecule has 27 nitrogen and oxygen atoms in total. The molecular formula is C41H30ClN9Na5O18S6. The maximum atomic E-state index is 12.8. The minimum Gasteiger partial charge on any atom is -0.300 e. The van der Waals surface area contributed by atoms with Gasteiger partial charge in [-0.2, -0.15) is 52.2 Å². The summed E-state index contributed by atoms with van der Waals surface area (Å²) in [6.07, 6.45) is 0. The van der Waals surface area contributed by atoms with Gasteiger partial charge in [0.2, 0.25) is 16.5 Å². The summed E-state index contributed by atoms with van der Waals surface area (Å²) in [6, 6.07) is 22.4. The van der Waals surface area contributed by atoms with Crippen molar-refractivity contribution in [1.82, 2.24) is 15.0 Å². The molecule has 5 radical (unpaired) electrons. The van der Waals surface area contributed by atoms with Crippen LogP contribution in [-0.4, -0.2) is 248 Å². The number of aromatic amines is 2. The van der Waals surface area contributed by atoms with Crippen LogP contribution in [-0.2, 0) is 64.9 Å². The molecule has 8 rings (SSSR count). The van der Waals surface area contributed by atoms with E-state index >= 15 is 0 Å². The second-order valence-corrected chi connectivity index (χ2v) is 24.5. The summed E-state index contributed by atoms with van der Waals surface area (Å²) in [6.45, 7) is -0.885. The average Bonchev–Trinajstić information content (AvgIpc) is 3.30. The van der Waals surface area contributed by atoms with E-state index in [1.54, 1.807) is 0 Å². The van der Waals surface area contributed by atoms with Crippen molar-refractivity contribution in [2.75, 3.05) is 12.4 Å². The fourth-order valence-corrected chi connectivity index (χ4v) is 11.6. The number of H-pyrrole nitrogens is 2. The summed E-state index contributed by atoms with van der Waals surface area (Å²) in [5.74, 6) is -0.831. The summed E-state index contributed by atoms with van der Waals surface area (Å²) >= 11 is 6.26. The molecule has 0 fully saturated rings. The molecule has 0 unspecified atom stereocenters. The first-order valence-corrected chi connectivity index (χ1v) is 29.4. The first-order chi connectivity index (χ1) is 34.9. The Kier molecular flexibility index (Phi) is 25.6. The van der Waals surface area contributed by atoms with Crippen LogP contribution in [0.15, 0.2) is 170 Å². The molecule has 0 amide bonds. The maximum absolute atomic E-state index is 12.8. The summed E-state index contributed by atoms with van der Waals surface area (Å²) < 4.78 is 200. The molecule has 1 aromatic heterocycles. The van der Waals surface area contributed by atoms with Crippen molar-refractivity contribution in [3.05, 3.63) is 132 Å². The smallest absolute Gasteiger partial charge is 0.300 e. The van der Waals surface area contributed by atoms with E-state index in [-0.39, 0.29) is 236 Å². The molecule has 80 heavy (non-hydrogen) atoms. The Hall–Kier alpha value is -2.12. The van der Waals surface area contributed by atoms with Gasteiger partial charge in [-0.05, 0) is 90.5 Å². The number of hydrogen-bond donors (Lipinski definition) is 7. The van der Waals surface area contributed by atoms with Gasteiger partial charge in [0.1, 0.15) is 14.7 Å². The molecule has 0 atom stereocenters. The van der Waals surface area contributed by atoms with Crippen LogP contribution in [0.3, 0.4) is 0 Å². The monoisotopic (exact) mass is 1280 g/mol. The van der Waals surface area contributed by atoms with Crippen molar-refractivity contribution in [2.24, 2.45) is 30.4 Å². The minimum absolute atomic E-state index is 0. The van der Waals surface area contributed by atoms with E-state index in [0.717, 1.165) is 48.5 Å². The molecule has 0 aliphatic carbocycles. The Bertz CT molecular complexity index is 4680. The van der Waals surface area contributed by atoms with E-state index in [9.17, 15) is 68.7 Å². The summed E-state index contributed by atoms with van der Waals surface area (Å²) in [4.78, 5) is 15.0. The van der Waals surface area contributed by atoms with E-state index in [1.165, 1.54) is 66.7 Å². The molecular weight excluding hydrogens is 1250 g/mol. The van der Waals surface area contributed by atoms with Crippen LogP contribution in [0.4, 0.5) is 34.1 Å². The largest absolute Gasteiger partial charge is 0.397 e. The SMILES string of the molecule is O=S(=O)(O)OCCS(=O)(=O)c1cccc(N=c2nc(Cl)[nH]c(=Nc3ccc(N=Nc4ccc(N=Nc5cc(S(=O)(=O)O)c6cccc(S(=O)(=O)O)c6c5)c5ccc(S(=O)(=O)O)cc45)c4cccc(S(=O)(=O)O)c34)[nH]2)c1.[Na].[Na].[Na].[Na].[Na]. The number of nitrogens with one attached hydrogen (secondary N) is 2. The van der Waals surface area contributed by atoms with Crippen LogP contribution in [0.25, 0.3) is 32.3 Å². The fourth-order valence-electron chi connectivity index (χ4n) is 7.24. The molecule has 0 spiro atoms. The van der Waals surface area contributed by atoms with Gasteiger partial charge in [-0.1, -0.05) is 36.4 Å². The molecule has 0 aliphatic heterocycles. The van der Waals surface area contributed by atoms with Gasteiger partial charge in [-0.15, -0.1) is 15.3 Å². The van der Waals surface area contributed by atoms with Gasteiger partial charge < -0.3 is 4.98 Å². The predicted octanol–water partition coefficient (Wildman–Crippen LogP) is 4.82.